The molecule has 0 atom stereocenters. The van der Waals surface area contributed by atoms with Gasteiger partial charge in [-0.15, -0.1) is 0 Å². The van der Waals surface area contributed by atoms with Crippen LogP contribution in [0.15, 0.2) is 54.9 Å². The summed E-state index contributed by atoms with van der Waals surface area (Å²) < 4.78 is 28.6. The first kappa shape index (κ1) is 15.6. The van der Waals surface area contributed by atoms with E-state index in [-0.39, 0.29) is 5.75 Å². The van der Waals surface area contributed by atoms with Gasteiger partial charge >= 0.3 is 0 Å². The van der Waals surface area contributed by atoms with Gasteiger partial charge in [-0.3, -0.25) is 4.72 Å². The van der Waals surface area contributed by atoms with Gasteiger partial charge in [-0.1, -0.05) is 31.5 Å². The molecule has 1 aromatic carbocycles. The molecule has 0 aliphatic rings. The summed E-state index contributed by atoms with van der Waals surface area (Å²) in [5.41, 5.74) is 3.11. The van der Waals surface area contributed by atoms with Crippen LogP contribution in [0.3, 0.4) is 0 Å². The number of pyridine rings is 1. The molecule has 3 aromatic rings. The molecule has 2 heterocycles. The van der Waals surface area contributed by atoms with Gasteiger partial charge in [-0.25, -0.2) is 13.4 Å². The molecule has 0 aliphatic heterocycles. The van der Waals surface area contributed by atoms with Gasteiger partial charge in [0.05, 0.1) is 11.4 Å². The number of anilines is 1. The second-order valence-corrected chi connectivity index (χ2v) is 7.29. The standard InChI is InChI=1S/C17H19N3O2S/c1-2-3-11-23(21,22)19-15-8-6-7-14(12-15)16-13-20-10-5-4-9-17(20)18-16/h4-10,12-13,19H,2-3,11H2,1H3. The molecule has 23 heavy (non-hydrogen) atoms. The molecule has 0 unspecified atom stereocenters. The molecule has 0 aliphatic carbocycles. The van der Waals surface area contributed by atoms with Crippen molar-refractivity contribution in [2.24, 2.45) is 0 Å². The summed E-state index contributed by atoms with van der Waals surface area (Å²) in [6, 6.07) is 13.1. The van der Waals surface area contributed by atoms with E-state index in [1.54, 1.807) is 6.07 Å². The van der Waals surface area contributed by atoms with Crippen LogP contribution in [0.2, 0.25) is 0 Å². The summed E-state index contributed by atoms with van der Waals surface area (Å²) in [7, 11) is -3.30. The van der Waals surface area contributed by atoms with Crippen LogP contribution in [0.4, 0.5) is 5.69 Å². The number of imidazole rings is 1. The summed E-state index contributed by atoms with van der Waals surface area (Å²) in [4.78, 5) is 4.56. The second kappa shape index (κ2) is 6.42. The van der Waals surface area contributed by atoms with Crippen molar-refractivity contribution < 1.29 is 8.42 Å². The highest BCUT2D eigenvalue weighted by Gasteiger charge is 2.11. The minimum atomic E-state index is -3.30. The first-order valence-electron chi connectivity index (χ1n) is 7.62. The quantitative estimate of drug-likeness (QED) is 0.752. The summed E-state index contributed by atoms with van der Waals surface area (Å²) in [5, 5.41) is 0. The monoisotopic (exact) mass is 329 g/mol. The van der Waals surface area contributed by atoms with Crippen molar-refractivity contribution in [1.82, 2.24) is 9.38 Å². The van der Waals surface area contributed by atoms with Crippen molar-refractivity contribution in [3.63, 3.8) is 0 Å². The Morgan fingerprint density at radius 2 is 2.04 bits per heavy atom. The number of rotatable bonds is 6. The number of unbranched alkanes of at least 4 members (excludes halogenated alkanes) is 1. The first-order valence-corrected chi connectivity index (χ1v) is 9.27. The maximum Gasteiger partial charge on any atom is 0.232 e. The number of nitrogens with zero attached hydrogens (tertiary/aromatic N) is 2. The Morgan fingerprint density at radius 1 is 1.17 bits per heavy atom. The summed E-state index contributed by atoms with van der Waals surface area (Å²) in [6.45, 7) is 1.97. The predicted octanol–water partition coefficient (Wildman–Crippen LogP) is 3.54. The van der Waals surface area contributed by atoms with E-state index >= 15 is 0 Å². The minimum absolute atomic E-state index is 0.141. The molecule has 5 nitrogen and oxygen atoms in total. The van der Waals surface area contributed by atoms with Crippen LogP contribution in [-0.4, -0.2) is 23.6 Å². The number of fused-ring (bicyclic) bond motifs is 1. The Bertz CT molecular complexity index is 883. The molecule has 0 saturated heterocycles. The molecule has 1 N–H and O–H groups in total. The van der Waals surface area contributed by atoms with Crippen molar-refractivity contribution in [1.29, 1.82) is 0 Å². The molecule has 0 radical (unpaired) electrons. The minimum Gasteiger partial charge on any atom is -0.306 e. The first-order chi connectivity index (χ1) is 11.1. The summed E-state index contributed by atoms with van der Waals surface area (Å²) in [5.74, 6) is 0.141. The highest BCUT2D eigenvalue weighted by Crippen LogP contribution is 2.23. The molecule has 3 rings (SSSR count). The molecule has 0 bridgehead atoms. The van der Waals surface area contributed by atoms with Crippen molar-refractivity contribution in [2.45, 2.75) is 19.8 Å². The fourth-order valence-corrected chi connectivity index (χ4v) is 3.64. The lowest BCUT2D eigenvalue weighted by atomic mass is 10.1. The number of nitrogens with one attached hydrogen (secondary N) is 1. The average Bonchev–Trinajstić information content (AvgIpc) is 2.97. The number of benzene rings is 1. The Morgan fingerprint density at radius 3 is 2.83 bits per heavy atom. The van der Waals surface area contributed by atoms with Gasteiger partial charge in [-0.05, 0) is 30.7 Å². The van der Waals surface area contributed by atoms with E-state index in [4.69, 9.17) is 0 Å². The molecule has 2 aromatic heterocycles. The highest BCUT2D eigenvalue weighted by atomic mass is 32.2. The van der Waals surface area contributed by atoms with Gasteiger partial charge in [0.15, 0.2) is 0 Å². The van der Waals surface area contributed by atoms with Crippen LogP contribution >= 0.6 is 0 Å². The zero-order valence-corrected chi connectivity index (χ0v) is 13.8. The molecule has 0 saturated carbocycles. The third-order valence-electron chi connectivity index (χ3n) is 3.56. The van der Waals surface area contributed by atoms with Crippen LogP contribution in [0.5, 0.6) is 0 Å². The van der Waals surface area contributed by atoms with E-state index < -0.39 is 10.0 Å². The van der Waals surface area contributed by atoms with Gasteiger partial charge in [0.25, 0.3) is 0 Å². The molecule has 120 valence electrons. The number of hydrogen-bond acceptors (Lipinski definition) is 3. The van der Waals surface area contributed by atoms with Crippen LogP contribution in [0.25, 0.3) is 16.9 Å². The van der Waals surface area contributed by atoms with E-state index in [0.717, 1.165) is 23.3 Å². The van der Waals surface area contributed by atoms with E-state index in [9.17, 15) is 8.42 Å². The maximum atomic E-state index is 12.0. The van der Waals surface area contributed by atoms with Crippen molar-refractivity contribution >= 4 is 21.4 Å². The third-order valence-corrected chi connectivity index (χ3v) is 4.94. The number of sulfonamides is 1. The van der Waals surface area contributed by atoms with Gasteiger partial charge in [0, 0.05) is 23.6 Å². The zero-order chi connectivity index (χ0) is 16.3. The van der Waals surface area contributed by atoms with E-state index in [1.165, 1.54) is 0 Å². The Kier molecular flexibility index (Phi) is 4.34. The molecule has 6 heteroatoms. The largest absolute Gasteiger partial charge is 0.306 e. The summed E-state index contributed by atoms with van der Waals surface area (Å²) >= 11 is 0. The van der Waals surface area contributed by atoms with E-state index in [2.05, 4.69) is 9.71 Å². The number of aromatic nitrogens is 2. The van der Waals surface area contributed by atoms with Gasteiger partial charge in [0.2, 0.25) is 10.0 Å². The lowest BCUT2D eigenvalue weighted by molar-refractivity contribution is 0.598. The van der Waals surface area contributed by atoms with E-state index in [1.807, 2.05) is 60.1 Å². The SMILES string of the molecule is CCCCS(=O)(=O)Nc1cccc(-c2cn3ccccc3n2)c1. The van der Waals surface area contributed by atoms with Crippen LogP contribution < -0.4 is 4.72 Å². The average molecular weight is 329 g/mol. The lowest BCUT2D eigenvalue weighted by Gasteiger charge is -2.08. The molecular weight excluding hydrogens is 310 g/mol. The van der Waals surface area contributed by atoms with Gasteiger partial charge in [-0.2, -0.15) is 0 Å². The second-order valence-electron chi connectivity index (χ2n) is 5.45. The third kappa shape index (κ3) is 3.71. The summed E-state index contributed by atoms with van der Waals surface area (Å²) in [6.07, 6.45) is 5.37. The van der Waals surface area contributed by atoms with Crippen molar-refractivity contribution in [3.8, 4) is 11.3 Å². The maximum absolute atomic E-state index is 12.0. The van der Waals surface area contributed by atoms with E-state index in [0.29, 0.717) is 12.1 Å². The van der Waals surface area contributed by atoms with Gasteiger partial charge < -0.3 is 4.40 Å². The Hall–Kier alpha value is -2.34. The van der Waals surface area contributed by atoms with Crippen LogP contribution in [0.1, 0.15) is 19.8 Å². The molecular formula is C17H19N3O2S. The fourth-order valence-electron chi connectivity index (χ4n) is 2.38. The highest BCUT2D eigenvalue weighted by molar-refractivity contribution is 7.92. The lowest BCUT2D eigenvalue weighted by Crippen LogP contribution is -2.16. The smallest absolute Gasteiger partial charge is 0.232 e. The van der Waals surface area contributed by atoms with Gasteiger partial charge in [0.1, 0.15) is 5.65 Å². The molecule has 0 spiro atoms. The fraction of sp³-hybridized carbons (Fsp3) is 0.235. The van der Waals surface area contributed by atoms with Crippen LogP contribution in [-0.2, 0) is 10.0 Å². The van der Waals surface area contributed by atoms with Crippen molar-refractivity contribution in [3.05, 3.63) is 54.9 Å². The number of hydrogen-bond donors (Lipinski definition) is 1. The Labute approximate surface area is 136 Å². The van der Waals surface area contributed by atoms with Crippen molar-refractivity contribution in [2.75, 3.05) is 10.5 Å². The molecule has 0 amide bonds. The zero-order valence-electron chi connectivity index (χ0n) is 12.9. The van der Waals surface area contributed by atoms with Crippen LogP contribution in [0, 0.1) is 0 Å². The predicted molar refractivity (Wildman–Crippen MR) is 92.9 cm³/mol. The Balaban J connectivity index is 1.87. The normalized spacial score (nSPS) is 11.7. The molecule has 0 fully saturated rings. The topological polar surface area (TPSA) is 63.5 Å².